The molecular formula is C23H22F3N6O4P. The number of fused-ring (bicyclic) bond motifs is 1. The Balaban J connectivity index is 1.58. The lowest BCUT2D eigenvalue weighted by molar-refractivity contribution is -0.141. The van der Waals surface area contributed by atoms with Gasteiger partial charge in [0.25, 0.3) is 5.91 Å². The van der Waals surface area contributed by atoms with Crippen LogP contribution in [0, 0.1) is 13.8 Å². The van der Waals surface area contributed by atoms with Crippen LogP contribution in [-0.2, 0) is 17.2 Å². The van der Waals surface area contributed by atoms with Crippen molar-refractivity contribution < 1.29 is 32.3 Å². The van der Waals surface area contributed by atoms with Crippen molar-refractivity contribution in [2.24, 2.45) is 0 Å². The zero-order chi connectivity index (χ0) is 26.9. The number of rotatable bonds is 7. The van der Waals surface area contributed by atoms with Crippen LogP contribution < -0.4 is 4.90 Å². The maximum absolute atomic E-state index is 13.1. The SMILES string of the molecule is Cc1cc(-c2ncc3nc(C(F)(F)F)cc(C)c3n2)ccc1N(C)C(=O)c1ccnn1CCOP(O)O. The first-order chi connectivity index (χ1) is 17.5. The van der Waals surface area contributed by atoms with Crippen LogP contribution in [0.5, 0.6) is 0 Å². The van der Waals surface area contributed by atoms with Crippen molar-refractivity contribution >= 4 is 31.2 Å². The van der Waals surface area contributed by atoms with E-state index in [-0.39, 0.29) is 30.3 Å². The van der Waals surface area contributed by atoms with Crippen molar-refractivity contribution in [3.63, 3.8) is 0 Å². The highest BCUT2D eigenvalue weighted by Gasteiger charge is 2.33. The molecule has 0 saturated carbocycles. The van der Waals surface area contributed by atoms with Gasteiger partial charge in [0, 0.05) is 24.5 Å². The molecule has 1 aromatic carbocycles. The van der Waals surface area contributed by atoms with E-state index in [0.29, 0.717) is 28.2 Å². The number of alkyl halides is 3. The second-order valence-corrected chi connectivity index (χ2v) is 8.90. The number of amides is 1. The molecule has 2 N–H and O–H groups in total. The lowest BCUT2D eigenvalue weighted by Gasteiger charge is -2.20. The van der Waals surface area contributed by atoms with E-state index in [1.165, 1.54) is 28.9 Å². The number of aromatic nitrogens is 5. The van der Waals surface area contributed by atoms with Gasteiger partial charge in [-0.2, -0.15) is 18.3 Å². The summed E-state index contributed by atoms with van der Waals surface area (Å²) in [5.41, 5.74) is 1.95. The highest BCUT2D eigenvalue weighted by molar-refractivity contribution is 7.39. The Hall–Kier alpha value is -3.51. The van der Waals surface area contributed by atoms with Crippen molar-refractivity contribution in [1.29, 1.82) is 0 Å². The first-order valence-corrected chi connectivity index (χ1v) is 12.1. The molecule has 0 atom stereocenters. The summed E-state index contributed by atoms with van der Waals surface area (Å²) in [6.45, 7) is 3.46. The molecule has 0 fully saturated rings. The van der Waals surface area contributed by atoms with Crippen LogP contribution in [0.4, 0.5) is 18.9 Å². The van der Waals surface area contributed by atoms with E-state index in [1.807, 2.05) is 6.92 Å². The summed E-state index contributed by atoms with van der Waals surface area (Å²) in [6.07, 6.45) is -1.84. The summed E-state index contributed by atoms with van der Waals surface area (Å²) < 4.78 is 45.4. The summed E-state index contributed by atoms with van der Waals surface area (Å²) in [4.78, 5) is 44.6. The molecule has 0 aliphatic carbocycles. The largest absolute Gasteiger partial charge is 0.433 e. The summed E-state index contributed by atoms with van der Waals surface area (Å²) in [5.74, 6) is -0.0284. The van der Waals surface area contributed by atoms with Crippen molar-refractivity contribution in [1.82, 2.24) is 24.7 Å². The molecule has 14 heteroatoms. The summed E-state index contributed by atoms with van der Waals surface area (Å²) in [5, 5.41) is 4.09. The molecule has 194 valence electrons. The second-order valence-electron chi connectivity index (χ2n) is 8.14. The molecule has 10 nitrogen and oxygen atoms in total. The Labute approximate surface area is 210 Å². The minimum Gasteiger partial charge on any atom is -0.328 e. The number of pyridine rings is 1. The number of carbonyl (C=O) groups is 1. The molecule has 3 aromatic heterocycles. The van der Waals surface area contributed by atoms with Gasteiger partial charge in [-0.05, 0) is 55.3 Å². The van der Waals surface area contributed by atoms with Crippen molar-refractivity contribution in [2.75, 3.05) is 18.6 Å². The highest BCUT2D eigenvalue weighted by atomic mass is 31.2. The summed E-state index contributed by atoms with van der Waals surface area (Å²) in [6, 6.07) is 7.73. The monoisotopic (exact) mass is 534 g/mol. The fourth-order valence-corrected chi connectivity index (χ4v) is 4.07. The quantitative estimate of drug-likeness (QED) is 0.341. The van der Waals surface area contributed by atoms with Crippen molar-refractivity contribution in [3.8, 4) is 11.4 Å². The van der Waals surface area contributed by atoms with Crippen molar-refractivity contribution in [2.45, 2.75) is 26.6 Å². The molecule has 0 aliphatic heterocycles. The van der Waals surface area contributed by atoms with Gasteiger partial charge in [-0.1, -0.05) is 0 Å². The molecule has 0 saturated heterocycles. The van der Waals surface area contributed by atoms with Gasteiger partial charge >= 0.3 is 14.8 Å². The first-order valence-electron chi connectivity index (χ1n) is 10.9. The molecule has 4 aromatic rings. The molecule has 3 heterocycles. The van der Waals surface area contributed by atoms with Gasteiger partial charge in [0.15, 0.2) is 5.82 Å². The summed E-state index contributed by atoms with van der Waals surface area (Å²) in [7, 11) is -0.886. The van der Waals surface area contributed by atoms with Crippen LogP contribution in [0.3, 0.4) is 0 Å². The minimum absolute atomic E-state index is 0.0314. The van der Waals surface area contributed by atoms with E-state index in [0.717, 1.165) is 11.6 Å². The van der Waals surface area contributed by atoms with Gasteiger partial charge in [0.05, 0.1) is 24.9 Å². The van der Waals surface area contributed by atoms with Crippen LogP contribution in [-0.4, -0.2) is 54.1 Å². The normalized spacial score (nSPS) is 11.9. The van der Waals surface area contributed by atoms with Crippen molar-refractivity contribution in [3.05, 3.63) is 65.2 Å². The van der Waals surface area contributed by atoms with Gasteiger partial charge in [0.2, 0.25) is 0 Å². The number of hydrogen-bond acceptors (Lipinski definition) is 8. The van der Waals surface area contributed by atoms with E-state index in [1.54, 1.807) is 31.3 Å². The Kier molecular flexibility index (Phi) is 7.51. The fraction of sp³-hybridized carbons (Fsp3) is 0.261. The van der Waals surface area contributed by atoms with E-state index in [9.17, 15) is 18.0 Å². The average Bonchev–Trinajstić information content (AvgIpc) is 3.30. The molecule has 0 aliphatic rings. The van der Waals surface area contributed by atoms with E-state index >= 15 is 0 Å². The summed E-state index contributed by atoms with van der Waals surface area (Å²) >= 11 is 0. The van der Waals surface area contributed by atoms with E-state index in [2.05, 4.69) is 20.1 Å². The third-order valence-electron chi connectivity index (χ3n) is 5.59. The Morgan fingerprint density at radius 2 is 1.89 bits per heavy atom. The van der Waals surface area contributed by atoms with E-state index < -0.39 is 20.5 Å². The zero-order valence-electron chi connectivity index (χ0n) is 19.9. The standard InChI is InChI=1S/C23H22F3N6O4P/c1-13-10-15(21-27-12-16-20(30-21)14(2)11-19(29-16)23(24,25)26)4-5-17(13)31(3)22(33)18-6-7-28-32(18)8-9-36-37(34)35/h4-7,10-12,34-35H,8-9H2,1-3H3. The Bertz CT molecular complexity index is 1460. The highest BCUT2D eigenvalue weighted by Crippen LogP contribution is 2.31. The van der Waals surface area contributed by atoms with Crippen LogP contribution in [0.15, 0.2) is 42.7 Å². The molecule has 0 unspecified atom stereocenters. The average molecular weight is 534 g/mol. The maximum atomic E-state index is 13.1. The molecule has 0 spiro atoms. The van der Waals surface area contributed by atoms with Gasteiger partial charge in [-0.15, -0.1) is 0 Å². The fourth-order valence-electron chi connectivity index (χ4n) is 3.82. The number of hydrogen-bond donors (Lipinski definition) is 2. The number of carbonyl (C=O) groups excluding carboxylic acids is 1. The van der Waals surface area contributed by atoms with Gasteiger partial charge in [-0.3, -0.25) is 9.48 Å². The lowest BCUT2D eigenvalue weighted by Crippen LogP contribution is -2.29. The molecule has 37 heavy (non-hydrogen) atoms. The number of benzene rings is 1. The van der Waals surface area contributed by atoms with Crippen LogP contribution in [0.2, 0.25) is 0 Å². The van der Waals surface area contributed by atoms with E-state index in [4.69, 9.17) is 14.3 Å². The predicted molar refractivity (Wildman–Crippen MR) is 130 cm³/mol. The maximum Gasteiger partial charge on any atom is 0.433 e. The molecule has 1 amide bonds. The van der Waals surface area contributed by atoms with Gasteiger partial charge in [0.1, 0.15) is 16.9 Å². The molecule has 4 rings (SSSR count). The number of nitrogens with zero attached hydrogens (tertiary/aromatic N) is 6. The zero-order valence-corrected chi connectivity index (χ0v) is 20.8. The van der Waals surface area contributed by atoms with Crippen LogP contribution >= 0.6 is 8.60 Å². The Morgan fingerprint density at radius 1 is 1.14 bits per heavy atom. The number of halogens is 3. The third kappa shape index (κ3) is 5.75. The molecule has 0 radical (unpaired) electrons. The van der Waals surface area contributed by atoms with Crippen LogP contribution in [0.1, 0.15) is 27.3 Å². The number of anilines is 1. The second kappa shape index (κ2) is 10.5. The van der Waals surface area contributed by atoms with Gasteiger partial charge < -0.3 is 19.2 Å². The first kappa shape index (κ1) is 26.6. The van der Waals surface area contributed by atoms with Crippen LogP contribution in [0.25, 0.3) is 22.4 Å². The molecule has 0 bridgehead atoms. The smallest absolute Gasteiger partial charge is 0.328 e. The van der Waals surface area contributed by atoms with Gasteiger partial charge in [-0.25, -0.2) is 15.0 Å². The number of aryl methyl sites for hydroxylation is 2. The molecular weight excluding hydrogens is 512 g/mol. The minimum atomic E-state index is -4.57. The Morgan fingerprint density at radius 3 is 2.57 bits per heavy atom. The predicted octanol–water partition coefficient (Wildman–Crippen LogP) is 4.03. The lowest BCUT2D eigenvalue weighted by atomic mass is 10.1. The third-order valence-corrected chi connectivity index (χ3v) is 6.01. The topological polar surface area (TPSA) is 126 Å².